The van der Waals surface area contributed by atoms with Crippen molar-refractivity contribution in [1.29, 1.82) is 0 Å². The molecule has 146 valence electrons. The summed E-state index contributed by atoms with van der Waals surface area (Å²) in [7, 11) is -7.15. The topological polar surface area (TPSA) is 80.3 Å². The fourth-order valence-electron chi connectivity index (χ4n) is 2.83. The molecule has 3 aromatic carbocycles. The van der Waals surface area contributed by atoms with Gasteiger partial charge in [-0.25, -0.2) is 21.6 Å². The van der Waals surface area contributed by atoms with Crippen LogP contribution in [0.5, 0.6) is 0 Å². The summed E-state index contributed by atoms with van der Waals surface area (Å²) in [5, 5.41) is 0. The van der Waals surface area contributed by atoms with Crippen molar-refractivity contribution in [3.05, 3.63) is 84.4 Å². The first kappa shape index (κ1) is 20.3. The summed E-state index contributed by atoms with van der Waals surface area (Å²) in [6.07, 6.45) is 1.08. The summed E-state index contributed by atoms with van der Waals surface area (Å²) < 4.78 is 50.9. The van der Waals surface area contributed by atoms with Gasteiger partial charge in [0.25, 0.3) is 0 Å². The summed E-state index contributed by atoms with van der Waals surface area (Å²) in [6.45, 7) is 1.76. The Morgan fingerprint density at radius 3 is 1.71 bits per heavy atom. The Labute approximate surface area is 166 Å². The molecule has 0 spiro atoms. The van der Waals surface area contributed by atoms with Gasteiger partial charge in [0.1, 0.15) is 0 Å². The molecule has 0 saturated carbocycles. The molecule has 0 radical (unpaired) electrons. The molecule has 0 bridgehead atoms. The minimum Gasteiger partial charge on any atom is -0.224 e. The van der Waals surface area contributed by atoms with Crippen LogP contribution in [0.25, 0.3) is 11.1 Å². The van der Waals surface area contributed by atoms with Crippen molar-refractivity contribution in [2.45, 2.75) is 22.8 Å². The molecule has 28 heavy (non-hydrogen) atoms. The van der Waals surface area contributed by atoms with Crippen LogP contribution in [0, 0.1) is 0 Å². The van der Waals surface area contributed by atoms with Gasteiger partial charge in [0.15, 0.2) is 9.84 Å². The van der Waals surface area contributed by atoms with Crippen LogP contribution in [0.2, 0.25) is 0 Å². The number of sulfonamides is 1. The highest BCUT2D eigenvalue weighted by Gasteiger charge is 2.19. The summed E-state index contributed by atoms with van der Waals surface area (Å²) >= 11 is 0. The second-order valence-corrected chi connectivity index (χ2v) is 10.3. The first-order chi connectivity index (χ1) is 13.2. The van der Waals surface area contributed by atoms with Crippen molar-refractivity contribution < 1.29 is 16.8 Å². The van der Waals surface area contributed by atoms with Gasteiger partial charge in [0.2, 0.25) is 10.0 Å². The minimum absolute atomic E-state index is 0.0210. The Bertz CT molecular complexity index is 1150. The zero-order valence-electron chi connectivity index (χ0n) is 15.5. The Hall–Kier alpha value is -2.48. The van der Waals surface area contributed by atoms with Gasteiger partial charge >= 0.3 is 0 Å². The summed E-state index contributed by atoms with van der Waals surface area (Å²) in [4.78, 5) is 0.101. The van der Waals surface area contributed by atoms with Gasteiger partial charge < -0.3 is 0 Å². The lowest BCUT2D eigenvalue weighted by atomic mass is 10.0. The van der Waals surface area contributed by atoms with Crippen LogP contribution >= 0.6 is 0 Å². The lowest BCUT2D eigenvalue weighted by molar-refractivity contribution is 0.566. The zero-order chi connectivity index (χ0) is 20.4. The molecule has 0 unspecified atom stereocenters. The maximum atomic E-state index is 12.6. The van der Waals surface area contributed by atoms with Crippen molar-refractivity contribution in [2.75, 3.05) is 6.26 Å². The first-order valence-electron chi connectivity index (χ1n) is 8.65. The van der Waals surface area contributed by atoms with E-state index < -0.39 is 25.9 Å². The maximum absolute atomic E-state index is 12.6. The Morgan fingerprint density at radius 1 is 0.679 bits per heavy atom. The van der Waals surface area contributed by atoms with Crippen molar-refractivity contribution in [2.24, 2.45) is 0 Å². The quantitative estimate of drug-likeness (QED) is 0.664. The molecule has 0 aliphatic heterocycles. The van der Waals surface area contributed by atoms with E-state index in [4.69, 9.17) is 0 Å². The highest BCUT2D eigenvalue weighted by molar-refractivity contribution is 7.90. The molecular formula is C21H21NO4S2. The molecule has 0 aliphatic carbocycles. The lowest BCUT2D eigenvalue weighted by Gasteiger charge is -2.15. The molecule has 0 heterocycles. The summed E-state index contributed by atoms with van der Waals surface area (Å²) in [5.41, 5.74) is 2.97. The Kier molecular flexibility index (Phi) is 5.69. The van der Waals surface area contributed by atoms with Crippen molar-refractivity contribution >= 4 is 19.9 Å². The van der Waals surface area contributed by atoms with E-state index in [2.05, 4.69) is 4.72 Å². The minimum atomic E-state index is -3.78. The molecule has 5 nitrogen and oxygen atoms in total. The Morgan fingerprint density at radius 2 is 1.18 bits per heavy atom. The van der Waals surface area contributed by atoms with Gasteiger partial charge in [0.05, 0.1) is 9.79 Å². The van der Waals surface area contributed by atoms with Gasteiger partial charge in [-0.15, -0.1) is 0 Å². The lowest BCUT2D eigenvalue weighted by Crippen LogP contribution is -2.26. The SMILES string of the molecule is C[C@@H](NS(=O)(=O)c1ccc(S(C)(=O)=O)cc1)c1ccc(-c2ccccc2)cc1. The maximum Gasteiger partial charge on any atom is 0.241 e. The zero-order valence-corrected chi connectivity index (χ0v) is 17.2. The number of benzene rings is 3. The van der Waals surface area contributed by atoms with Crippen LogP contribution < -0.4 is 4.72 Å². The number of hydrogen-bond donors (Lipinski definition) is 1. The molecule has 3 rings (SSSR count). The van der Waals surface area contributed by atoms with E-state index in [-0.39, 0.29) is 9.79 Å². The number of sulfone groups is 1. The van der Waals surface area contributed by atoms with E-state index in [9.17, 15) is 16.8 Å². The third-order valence-electron chi connectivity index (χ3n) is 4.41. The molecule has 3 aromatic rings. The van der Waals surface area contributed by atoms with E-state index >= 15 is 0 Å². The predicted molar refractivity (Wildman–Crippen MR) is 110 cm³/mol. The highest BCUT2D eigenvalue weighted by Crippen LogP contribution is 2.23. The average Bonchev–Trinajstić information content (AvgIpc) is 2.68. The molecule has 1 atom stereocenters. The van der Waals surface area contributed by atoms with Gasteiger partial charge in [-0.3, -0.25) is 0 Å². The molecule has 0 aromatic heterocycles. The molecule has 0 amide bonds. The van der Waals surface area contributed by atoms with Crippen LogP contribution in [0.1, 0.15) is 18.5 Å². The fraction of sp³-hybridized carbons (Fsp3) is 0.143. The molecule has 1 N–H and O–H groups in total. The first-order valence-corrected chi connectivity index (χ1v) is 12.0. The van der Waals surface area contributed by atoms with Crippen LogP contribution in [0.4, 0.5) is 0 Å². The van der Waals surface area contributed by atoms with Gasteiger partial charge in [-0.05, 0) is 47.9 Å². The molecule has 0 fully saturated rings. The summed E-state index contributed by atoms with van der Waals surface area (Å²) in [6, 6.07) is 22.4. The number of nitrogens with one attached hydrogen (secondary N) is 1. The Balaban J connectivity index is 1.77. The van der Waals surface area contributed by atoms with Crippen LogP contribution in [-0.4, -0.2) is 23.1 Å². The third-order valence-corrected chi connectivity index (χ3v) is 7.10. The van der Waals surface area contributed by atoms with Crippen LogP contribution in [0.3, 0.4) is 0 Å². The van der Waals surface area contributed by atoms with Crippen LogP contribution in [0.15, 0.2) is 88.7 Å². The molecule has 0 aliphatic rings. The van der Waals surface area contributed by atoms with Gasteiger partial charge in [-0.2, -0.15) is 0 Å². The predicted octanol–water partition coefficient (Wildman–Crippen LogP) is 3.80. The largest absolute Gasteiger partial charge is 0.241 e. The number of hydrogen-bond acceptors (Lipinski definition) is 4. The smallest absolute Gasteiger partial charge is 0.224 e. The van der Waals surface area contributed by atoms with Crippen molar-refractivity contribution in [3.8, 4) is 11.1 Å². The monoisotopic (exact) mass is 415 g/mol. The molecule has 0 saturated heterocycles. The van der Waals surface area contributed by atoms with E-state index in [1.54, 1.807) is 6.92 Å². The van der Waals surface area contributed by atoms with Crippen molar-refractivity contribution in [1.82, 2.24) is 4.72 Å². The van der Waals surface area contributed by atoms with E-state index in [1.165, 1.54) is 24.3 Å². The average molecular weight is 416 g/mol. The second-order valence-electron chi connectivity index (χ2n) is 6.57. The normalized spacial score (nSPS) is 13.2. The fourth-order valence-corrected chi connectivity index (χ4v) is 4.69. The molecular weight excluding hydrogens is 394 g/mol. The van der Waals surface area contributed by atoms with Crippen molar-refractivity contribution in [3.63, 3.8) is 0 Å². The van der Waals surface area contributed by atoms with Gasteiger partial charge in [0, 0.05) is 12.3 Å². The van der Waals surface area contributed by atoms with E-state index in [0.29, 0.717) is 0 Å². The third kappa shape index (κ3) is 4.67. The summed E-state index contributed by atoms with van der Waals surface area (Å²) in [5.74, 6) is 0. The van der Waals surface area contributed by atoms with E-state index in [0.717, 1.165) is 22.9 Å². The molecule has 7 heteroatoms. The van der Waals surface area contributed by atoms with Crippen LogP contribution in [-0.2, 0) is 19.9 Å². The van der Waals surface area contributed by atoms with Gasteiger partial charge in [-0.1, -0.05) is 54.6 Å². The van der Waals surface area contributed by atoms with E-state index in [1.807, 2.05) is 54.6 Å². The second kappa shape index (κ2) is 7.87. The number of rotatable bonds is 6. The highest BCUT2D eigenvalue weighted by atomic mass is 32.2. The standard InChI is InChI=1S/C21H21NO4S2/c1-16(17-8-10-19(11-9-17)18-6-4-3-5-7-18)22-28(25,26)21-14-12-20(13-15-21)27(2,23)24/h3-16,22H,1-2H3/t16-/m1/s1.